The van der Waals surface area contributed by atoms with Crippen LogP contribution in [-0.4, -0.2) is 60.9 Å². The fraction of sp³-hybridized carbons (Fsp3) is 0.700. The largest absolute Gasteiger partial charge is 0.375 e. The number of carbonyl (C=O) groups is 3. The van der Waals surface area contributed by atoms with Crippen molar-refractivity contribution in [1.29, 1.82) is 0 Å². The molecule has 0 aliphatic carbocycles. The number of hydrogen-bond donors (Lipinski definition) is 2. The van der Waals surface area contributed by atoms with E-state index in [2.05, 4.69) is 0 Å². The van der Waals surface area contributed by atoms with E-state index < -0.39 is 44.2 Å². The molecule has 0 aromatic heterocycles. The highest BCUT2D eigenvalue weighted by atomic mass is 32.2. The minimum atomic E-state index is -3.80. The first-order valence-corrected chi connectivity index (χ1v) is 15.2. The molecule has 0 fully saturated rings. The van der Waals surface area contributed by atoms with Crippen LogP contribution in [-0.2, 0) is 34.0 Å². The Bertz CT molecular complexity index is 1050. The second-order valence-corrected chi connectivity index (χ2v) is 14.5. The first-order chi connectivity index (χ1) is 18.0. The van der Waals surface area contributed by atoms with Gasteiger partial charge in [0.25, 0.3) is 10.1 Å². The van der Waals surface area contributed by atoms with Crippen LogP contribution >= 0.6 is 0 Å². The Balaban J connectivity index is 0.00000191. The summed E-state index contributed by atoms with van der Waals surface area (Å²) in [5, 5.41) is 0. The summed E-state index contributed by atoms with van der Waals surface area (Å²) in [4.78, 5) is 37.7. The van der Waals surface area contributed by atoms with Crippen LogP contribution < -0.4 is 5.73 Å². The maximum Gasteiger partial charge on any atom is 0.266 e. The van der Waals surface area contributed by atoms with Gasteiger partial charge in [-0.05, 0) is 46.6 Å². The predicted molar refractivity (Wildman–Crippen MR) is 158 cm³/mol. The fourth-order valence-electron chi connectivity index (χ4n) is 3.75. The Morgan fingerprint density at radius 3 is 1.85 bits per heavy atom. The molecule has 0 saturated carbocycles. The molecule has 2 atom stereocenters. The van der Waals surface area contributed by atoms with Crippen LogP contribution in [0.15, 0.2) is 30.3 Å². The fourth-order valence-corrected chi connectivity index (χ4v) is 4.05. The van der Waals surface area contributed by atoms with Crippen LogP contribution in [0.4, 0.5) is 0 Å². The lowest BCUT2D eigenvalue weighted by molar-refractivity contribution is -0.169. The molecule has 0 saturated heterocycles. The third kappa shape index (κ3) is 13.1. The van der Waals surface area contributed by atoms with Gasteiger partial charge in [-0.2, -0.15) is 8.42 Å². The summed E-state index contributed by atoms with van der Waals surface area (Å²) >= 11 is 0. The number of nitrogens with two attached hydrogens (primary N) is 1. The van der Waals surface area contributed by atoms with Gasteiger partial charge in [0.15, 0.2) is 5.78 Å². The van der Waals surface area contributed by atoms with Crippen molar-refractivity contribution in [3.63, 3.8) is 0 Å². The van der Waals surface area contributed by atoms with Crippen LogP contribution in [0.3, 0.4) is 0 Å². The van der Waals surface area contributed by atoms with E-state index >= 15 is 0 Å². The average Bonchev–Trinajstić information content (AvgIpc) is 2.80. The quantitative estimate of drug-likeness (QED) is 0.228. The van der Waals surface area contributed by atoms with Gasteiger partial charge in [-0.3, -0.25) is 14.1 Å². The summed E-state index contributed by atoms with van der Waals surface area (Å²) in [5.41, 5.74) is 2.85. The van der Waals surface area contributed by atoms with Crippen LogP contribution in [0.5, 0.6) is 0 Å². The lowest BCUT2D eigenvalue weighted by Crippen LogP contribution is -2.50. The highest BCUT2D eigenvalue weighted by Gasteiger charge is 2.48. The Kier molecular flexibility index (Phi) is 14.5. The minimum absolute atomic E-state index is 0.0289. The normalized spacial score (nSPS) is 14.5. The lowest BCUT2D eigenvalue weighted by atomic mass is 9.71. The molecule has 0 spiro atoms. The molecule has 0 bridgehead atoms. The Morgan fingerprint density at radius 2 is 1.48 bits per heavy atom. The molecule has 230 valence electrons. The maximum absolute atomic E-state index is 13.8. The van der Waals surface area contributed by atoms with Crippen LogP contribution in [0, 0.1) is 16.7 Å². The number of hydrogen-bond acceptors (Lipinski definition) is 8. The molecule has 0 amide bonds. The molecule has 10 heteroatoms. The van der Waals surface area contributed by atoms with Crippen molar-refractivity contribution in [2.24, 2.45) is 22.5 Å². The van der Waals surface area contributed by atoms with Crippen molar-refractivity contribution in [3.05, 3.63) is 35.9 Å². The number of ether oxygens (including phenoxy) is 2. The number of ketones is 2. The van der Waals surface area contributed by atoms with Gasteiger partial charge in [0.05, 0.1) is 22.4 Å². The van der Waals surface area contributed by atoms with Crippen LogP contribution in [0.1, 0.15) is 93.7 Å². The highest BCUT2D eigenvalue weighted by Crippen LogP contribution is 2.41. The molecule has 2 unspecified atom stereocenters. The zero-order chi connectivity index (χ0) is 31.6. The van der Waals surface area contributed by atoms with E-state index in [-0.39, 0.29) is 36.9 Å². The third-order valence-electron chi connectivity index (χ3n) is 6.73. The van der Waals surface area contributed by atoms with Crippen LogP contribution in [0.2, 0.25) is 0 Å². The Hall–Kier alpha value is -1.98. The maximum atomic E-state index is 13.8. The van der Waals surface area contributed by atoms with Crippen LogP contribution in [0.25, 0.3) is 0 Å². The summed E-state index contributed by atoms with van der Waals surface area (Å²) in [7, 11) is -3.80. The molecule has 1 rings (SSSR count). The van der Waals surface area contributed by atoms with E-state index in [1.807, 2.05) is 99.6 Å². The van der Waals surface area contributed by atoms with E-state index in [4.69, 9.17) is 19.8 Å². The van der Waals surface area contributed by atoms with Gasteiger partial charge in [0.1, 0.15) is 18.2 Å². The van der Waals surface area contributed by atoms with Gasteiger partial charge in [0.2, 0.25) is 0 Å². The van der Waals surface area contributed by atoms with Gasteiger partial charge < -0.3 is 20.0 Å². The van der Waals surface area contributed by atoms with Crippen molar-refractivity contribution in [1.82, 2.24) is 0 Å². The summed E-state index contributed by atoms with van der Waals surface area (Å²) in [6.45, 7) is 19.2. The van der Waals surface area contributed by atoms with E-state index in [1.54, 1.807) is 0 Å². The number of aldehydes is 1. The third-order valence-corrected chi connectivity index (χ3v) is 7.48. The second kappa shape index (κ2) is 15.3. The van der Waals surface area contributed by atoms with Gasteiger partial charge in [-0.1, -0.05) is 65.0 Å². The first-order valence-electron chi connectivity index (χ1n) is 13.5. The Labute approximate surface area is 241 Å². The lowest BCUT2D eigenvalue weighted by Gasteiger charge is -2.43. The summed E-state index contributed by atoms with van der Waals surface area (Å²) in [6, 6.07) is 9.51. The molecule has 1 aromatic rings. The van der Waals surface area contributed by atoms with E-state index in [1.165, 1.54) is 0 Å². The highest BCUT2D eigenvalue weighted by molar-refractivity contribution is 7.85. The topological polar surface area (TPSA) is 150 Å². The number of rotatable bonds is 14. The monoisotopic (exact) mass is 585 g/mol. The smallest absolute Gasteiger partial charge is 0.266 e. The zero-order valence-electron chi connectivity index (χ0n) is 25.9. The standard InChI is InChI=1S/C28H44O5.C2H7NO3S/c1-25(2,3)23(30)21(16-18-29)17-19-32-28(9,10)27(7,8)24(31)22(33-26(4,5)6)20-14-12-11-13-15-20;3-1-2-7(4,5)6/h11-15,18,21-22H,16-17,19H2,1-10H3;1-3H2,(H,4,5,6). The van der Waals surface area contributed by atoms with Gasteiger partial charge in [-0.25, -0.2) is 0 Å². The first kappa shape index (κ1) is 38.0. The molecule has 0 radical (unpaired) electrons. The molecule has 1 aromatic carbocycles. The summed E-state index contributed by atoms with van der Waals surface area (Å²) in [5.74, 6) is -0.760. The molecular weight excluding hydrogens is 534 g/mol. The summed E-state index contributed by atoms with van der Waals surface area (Å²) in [6.07, 6.45) is 0.677. The van der Waals surface area contributed by atoms with Gasteiger partial charge in [0, 0.05) is 30.9 Å². The second-order valence-electron chi connectivity index (χ2n) is 12.9. The molecule has 0 aliphatic rings. The summed E-state index contributed by atoms with van der Waals surface area (Å²) < 4.78 is 39.8. The Morgan fingerprint density at radius 1 is 0.950 bits per heavy atom. The number of Topliss-reactive ketones (excluding diaryl/α,β-unsaturated/α-hetero) is 2. The van der Waals surface area contributed by atoms with Crippen molar-refractivity contribution >= 4 is 28.0 Å². The van der Waals surface area contributed by atoms with Gasteiger partial charge >= 0.3 is 0 Å². The number of carbonyl (C=O) groups excluding carboxylic acids is 3. The molecule has 40 heavy (non-hydrogen) atoms. The van der Waals surface area contributed by atoms with Crippen molar-refractivity contribution in [3.8, 4) is 0 Å². The van der Waals surface area contributed by atoms with E-state index in [0.29, 0.717) is 6.42 Å². The molecule has 0 aliphatic heterocycles. The van der Waals surface area contributed by atoms with E-state index in [9.17, 15) is 22.8 Å². The van der Waals surface area contributed by atoms with Crippen molar-refractivity contribution in [2.75, 3.05) is 18.9 Å². The van der Waals surface area contributed by atoms with E-state index in [0.717, 1.165) is 11.8 Å². The van der Waals surface area contributed by atoms with Crippen molar-refractivity contribution < 1.29 is 36.8 Å². The molecule has 9 nitrogen and oxygen atoms in total. The van der Waals surface area contributed by atoms with Gasteiger partial charge in [-0.15, -0.1) is 0 Å². The number of benzene rings is 1. The molecular formula is C30H51NO8S. The van der Waals surface area contributed by atoms with Crippen molar-refractivity contribution in [2.45, 2.75) is 99.4 Å². The molecule has 3 N–H and O–H groups in total. The minimum Gasteiger partial charge on any atom is -0.375 e. The zero-order valence-corrected chi connectivity index (χ0v) is 26.8. The predicted octanol–water partition coefficient (Wildman–Crippen LogP) is 4.98. The SMILES string of the molecule is CC(C)(C)OC(C(=O)C(C)(C)C(C)(C)OCCC(CC=O)C(=O)C(C)(C)C)c1ccccc1.NCCS(=O)(=O)O. The average molecular weight is 586 g/mol. The molecule has 0 heterocycles.